The van der Waals surface area contributed by atoms with Gasteiger partial charge in [-0.1, -0.05) is 23.3 Å². The van der Waals surface area contributed by atoms with Crippen LogP contribution < -0.4 is 5.32 Å². The molecule has 0 bridgehead atoms. The van der Waals surface area contributed by atoms with Crippen LogP contribution in [0, 0.1) is 11.6 Å². The van der Waals surface area contributed by atoms with Gasteiger partial charge in [-0.2, -0.15) is 0 Å². The van der Waals surface area contributed by atoms with Gasteiger partial charge in [0.15, 0.2) is 5.76 Å². The van der Waals surface area contributed by atoms with Gasteiger partial charge in [-0.25, -0.2) is 8.78 Å². The molecule has 2 heterocycles. The van der Waals surface area contributed by atoms with Crippen molar-refractivity contribution in [3.63, 3.8) is 0 Å². The molecule has 124 valence electrons. The van der Waals surface area contributed by atoms with Crippen molar-refractivity contribution in [2.45, 2.75) is 0 Å². The van der Waals surface area contributed by atoms with Crippen LogP contribution in [0.2, 0.25) is 0 Å². The van der Waals surface area contributed by atoms with E-state index in [4.69, 9.17) is 8.83 Å². The quantitative estimate of drug-likeness (QED) is 0.609. The van der Waals surface area contributed by atoms with Crippen LogP contribution in [-0.4, -0.2) is 16.1 Å². The highest BCUT2D eigenvalue weighted by molar-refractivity contribution is 6.03. The fourth-order valence-corrected chi connectivity index (χ4v) is 2.30. The first-order valence-corrected chi connectivity index (χ1v) is 7.19. The Morgan fingerprint density at radius 2 is 1.84 bits per heavy atom. The molecule has 0 fully saturated rings. The number of nitrogens with zero attached hydrogens (tertiary/aromatic N) is 2. The largest absolute Gasteiger partial charge is 0.451 e. The van der Waals surface area contributed by atoms with E-state index in [0.717, 1.165) is 11.5 Å². The van der Waals surface area contributed by atoms with Gasteiger partial charge in [0.25, 0.3) is 11.8 Å². The summed E-state index contributed by atoms with van der Waals surface area (Å²) >= 11 is 0. The third-order valence-electron chi connectivity index (χ3n) is 3.46. The number of carbonyl (C=O) groups excluding carboxylic acids is 1. The Balaban J connectivity index is 1.57. The number of benzene rings is 2. The third-order valence-corrected chi connectivity index (χ3v) is 3.46. The van der Waals surface area contributed by atoms with E-state index in [9.17, 15) is 13.6 Å². The Morgan fingerprint density at radius 3 is 2.64 bits per heavy atom. The molecular formula is C17H9F2N3O3. The van der Waals surface area contributed by atoms with Crippen LogP contribution in [0.25, 0.3) is 22.4 Å². The van der Waals surface area contributed by atoms with Crippen LogP contribution in [-0.2, 0) is 0 Å². The second-order valence-corrected chi connectivity index (χ2v) is 5.14. The number of para-hydroxylation sites is 1. The minimum atomic E-state index is -0.848. The van der Waals surface area contributed by atoms with Gasteiger partial charge in [-0.3, -0.25) is 10.1 Å². The first kappa shape index (κ1) is 15.0. The van der Waals surface area contributed by atoms with Crippen LogP contribution >= 0.6 is 0 Å². The maximum atomic E-state index is 13.7. The summed E-state index contributed by atoms with van der Waals surface area (Å²) in [6.45, 7) is 0. The Hall–Kier alpha value is -3.55. The summed E-state index contributed by atoms with van der Waals surface area (Å²) in [5.74, 6) is -2.28. The van der Waals surface area contributed by atoms with Crippen molar-refractivity contribution in [3.8, 4) is 11.5 Å². The van der Waals surface area contributed by atoms with E-state index in [1.807, 2.05) is 6.07 Å². The predicted octanol–water partition coefficient (Wildman–Crippen LogP) is 4.01. The number of halogens is 2. The van der Waals surface area contributed by atoms with Crippen LogP contribution in [0.3, 0.4) is 0 Å². The Kier molecular flexibility index (Phi) is 3.50. The first-order chi connectivity index (χ1) is 12.1. The zero-order valence-electron chi connectivity index (χ0n) is 12.5. The molecule has 6 nitrogen and oxygen atoms in total. The number of carbonyl (C=O) groups is 1. The lowest BCUT2D eigenvalue weighted by Gasteiger charge is -1.98. The van der Waals surface area contributed by atoms with Crippen LogP contribution in [0.5, 0.6) is 0 Å². The monoisotopic (exact) mass is 341 g/mol. The molecule has 0 radical (unpaired) electrons. The highest BCUT2D eigenvalue weighted by Crippen LogP contribution is 2.24. The molecule has 0 aliphatic rings. The molecule has 0 spiro atoms. The number of furan rings is 1. The number of hydrogen-bond donors (Lipinski definition) is 1. The Morgan fingerprint density at radius 1 is 1.00 bits per heavy atom. The van der Waals surface area contributed by atoms with Crippen molar-refractivity contribution in [2.24, 2.45) is 0 Å². The third kappa shape index (κ3) is 2.85. The molecule has 8 heteroatoms. The Bertz CT molecular complexity index is 1050. The van der Waals surface area contributed by atoms with Gasteiger partial charge in [-0.15, -0.1) is 5.10 Å². The fraction of sp³-hybridized carbons (Fsp3) is 0. The van der Waals surface area contributed by atoms with Gasteiger partial charge in [0.05, 0.1) is 5.56 Å². The predicted molar refractivity (Wildman–Crippen MR) is 83.8 cm³/mol. The minimum Gasteiger partial charge on any atom is -0.451 e. The summed E-state index contributed by atoms with van der Waals surface area (Å²) in [6.07, 6.45) is 0. The van der Waals surface area contributed by atoms with Crippen molar-refractivity contribution in [2.75, 3.05) is 5.32 Å². The number of amides is 1. The Labute approximate surface area is 139 Å². The minimum absolute atomic E-state index is 0.0638. The topological polar surface area (TPSA) is 81.2 Å². The maximum Gasteiger partial charge on any atom is 0.322 e. The van der Waals surface area contributed by atoms with Crippen molar-refractivity contribution in [1.82, 2.24) is 10.2 Å². The molecule has 0 atom stereocenters. The van der Waals surface area contributed by atoms with Crippen LogP contribution in [0.1, 0.15) is 10.6 Å². The average molecular weight is 341 g/mol. The summed E-state index contributed by atoms with van der Waals surface area (Å²) in [6, 6.07) is 11.4. The van der Waals surface area contributed by atoms with Crippen LogP contribution in [0.4, 0.5) is 14.8 Å². The van der Waals surface area contributed by atoms with Gasteiger partial charge in [-0.05, 0) is 24.3 Å². The van der Waals surface area contributed by atoms with Crippen molar-refractivity contribution in [3.05, 3.63) is 65.9 Å². The summed E-state index contributed by atoms with van der Waals surface area (Å²) in [4.78, 5) is 12.2. The molecule has 0 aliphatic heterocycles. The number of fused-ring (bicyclic) bond motifs is 1. The summed E-state index contributed by atoms with van der Waals surface area (Å²) in [5.41, 5.74) is 0.491. The molecule has 0 aliphatic carbocycles. The standard InChI is InChI=1S/C17H9F2N3O3/c18-10-5-6-11(12(19)8-10)16-21-22-17(25-16)20-15(23)14-7-9-3-1-2-4-13(9)24-14/h1-8H,(H,20,22,23). The summed E-state index contributed by atoms with van der Waals surface area (Å²) in [5, 5.41) is 10.4. The van der Waals surface area contributed by atoms with Crippen molar-refractivity contribution >= 4 is 22.9 Å². The van der Waals surface area contributed by atoms with Gasteiger partial charge in [0.1, 0.15) is 17.2 Å². The number of rotatable bonds is 3. The van der Waals surface area contributed by atoms with E-state index >= 15 is 0 Å². The van der Waals surface area contributed by atoms with Crippen molar-refractivity contribution < 1.29 is 22.4 Å². The van der Waals surface area contributed by atoms with Crippen molar-refractivity contribution in [1.29, 1.82) is 0 Å². The zero-order chi connectivity index (χ0) is 17.4. The molecule has 2 aromatic carbocycles. The maximum absolute atomic E-state index is 13.7. The fourth-order valence-electron chi connectivity index (χ4n) is 2.30. The normalized spacial score (nSPS) is 11.0. The van der Waals surface area contributed by atoms with E-state index in [-0.39, 0.29) is 23.2 Å². The lowest BCUT2D eigenvalue weighted by atomic mass is 10.2. The van der Waals surface area contributed by atoms with Gasteiger partial charge in [0.2, 0.25) is 0 Å². The highest BCUT2D eigenvalue weighted by Gasteiger charge is 2.18. The molecule has 4 rings (SSSR count). The second-order valence-electron chi connectivity index (χ2n) is 5.14. The first-order valence-electron chi connectivity index (χ1n) is 7.19. The summed E-state index contributed by atoms with van der Waals surface area (Å²) < 4.78 is 37.3. The van der Waals surface area contributed by atoms with E-state index in [2.05, 4.69) is 15.5 Å². The van der Waals surface area contributed by atoms with E-state index in [1.165, 1.54) is 6.07 Å². The van der Waals surface area contributed by atoms with Crippen LogP contribution in [0.15, 0.2) is 57.4 Å². The number of nitrogens with one attached hydrogen (secondary N) is 1. The van der Waals surface area contributed by atoms with E-state index < -0.39 is 17.5 Å². The molecule has 1 N–H and O–H groups in total. The number of aromatic nitrogens is 2. The molecule has 0 unspecified atom stereocenters. The molecule has 0 saturated heterocycles. The zero-order valence-corrected chi connectivity index (χ0v) is 12.5. The highest BCUT2D eigenvalue weighted by atomic mass is 19.1. The molecule has 1 amide bonds. The molecular weight excluding hydrogens is 332 g/mol. The van der Waals surface area contributed by atoms with Gasteiger partial charge >= 0.3 is 6.01 Å². The molecule has 4 aromatic rings. The lowest BCUT2D eigenvalue weighted by Crippen LogP contribution is -2.10. The SMILES string of the molecule is O=C(Nc1nnc(-c2ccc(F)cc2F)o1)c1cc2ccccc2o1. The average Bonchev–Trinajstić information content (AvgIpc) is 3.21. The summed E-state index contributed by atoms with van der Waals surface area (Å²) in [7, 11) is 0. The van der Waals surface area contributed by atoms with Gasteiger partial charge in [0, 0.05) is 11.5 Å². The molecule has 25 heavy (non-hydrogen) atoms. The molecule has 0 saturated carbocycles. The smallest absolute Gasteiger partial charge is 0.322 e. The van der Waals surface area contributed by atoms with E-state index in [1.54, 1.807) is 24.3 Å². The molecule has 2 aromatic heterocycles. The number of hydrogen-bond acceptors (Lipinski definition) is 5. The second kappa shape index (κ2) is 5.82. The number of anilines is 1. The lowest BCUT2D eigenvalue weighted by molar-refractivity contribution is 0.0996. The van der Waals surface area contributed by atoms with Gasteiger partial charge < -0.3 is 8.83 Å². The van der Waals surface area contributed by atoms with E-state index in [0.29, 0.717) is 11.6 Å².